The summed E-state index contributed by atoms with van der Waals surface area (Å²) in [6.45, 7) is 0.549. The number of H-pyrrole nitrogens is 1. The molecule has 0 aliphatic rings. The zero-order valence-corrected chi connectivity index (χ0v) is 14.1. The molecule has 5 heterocycles. The summed E-state index contributed by atoms with van der Waals surface area (Å²) in [6.07, 6.45) is 10.8. The Labute approximate surface area is 152 Å². The summed E-state index contributed by atoms with van der Waals surface area (Å²) in [6, 6.07) is 5.57. The first-order chi connectivity index (χ1) is 13.3. The fraction of sp³-hybridized carbons (Fsp3) is 0.111. The van der Waals surface area contributed by atoms with Crippen LogP contribution in [-0.4, -0.2) is 39.1 Å². The molecule has 132 valence electrons. The zero-order chi connectivity index (χ0) is 18.2. The van der Waals surface area contributed by atoms with Crippen molar-refractivity contribution in [3.8, 4) is 11.4 Å². The molecule has 0 aliphatic carbocycles. The number of hydrogen-bond donors (Lipinski definition) is 1. The Bertz CT molecular complexity index is 1290. The van der Waals surface area contributed by atoms with Gasteiger partial charge in [0.25, 0.3) is 11.3 Å². The molecule has 0 aliphatic heterocycles. The topological polar surface area (TPSA) is 107 Å². The zero-order valence-electron chi connectivity index (χ0n) is 14.1. The van der Waals surface area contributed by atoms with Gasteiger partial charge in [-0.25, -0.2) is 9.97 Å². The van der Waals surface area contributed by atoms with Crippen molar-refractivity contribution in [2.75, 3.05) is 0 Å². The number of pyridine rings is 2. The van der Waals surface area contributed by atoms with Gasteiger partial charge < -0.3 is 9.55 Å². The third-order valence-corrected chi connectivity index (χ3v) is 4.40. The van der Waals surface area contributed by atoms with Crippen molar-refractivity contribution in [3.05, 3.63) is 71.6 Å². The Balaban J connectivity index is 1.58. The summed E-state index contributed by atoms with van der Waals surface area (Å²) in [5.74, 6) is 0.961. The summed E-state index contributed by atoms with van der Waals surface area (Å²) < 4.78 is 3.26. The number of imidazole rings is 1. The Morgan fingerprint density at radius 1 is 1.11 bits per heavy atom. The lowest BCUT2D eigenvalue weighted by atomic mass is 10.3. The van der Waals surface area contributed by atoms with E-state index in [1.54, 1.807) is 46.4 Å². The lowest BCUT2D eigenvalue weighted by Crippen LogP contribution is -2.21. The van der Waals surface area contributed by atoms with E-state index in [1.807, 2.05) is 18.2 Å². The van der Waals surface area contributed by atoms with Crippen LogP contribution in [-0.2, 0) is 13.0 Å². The molecule has 5 aromatic heterocycles. The van der Waals surface area contributed by atoms with Gasteiger partial charge in [-0.2, -0.15) is 9.50 Å². The Kier molecular flexibility index (Phi) is 3.49. The number of aromatic amines is 1. The molecule has 9 nitrogen and oxygen atoms in total. The number of fused-ring (bicyclic) bond motifs is 3. The third-order valence-electron chi connectivity index (χ3n) is 4.40. The maximum absolute atomic E-state index is 12.8. The van der Waals surface area contributed by atoms with E-state index in [2.05, 4.69) is 30.0 Å². The van der Waals surface area contributed by atoms with Crippen LogP contribution in [0.4, 0.5) is 0 Å². The quantitative estimate of drug-likeness (QED) is 0.521. The van der Waals surface area contributed by atoms with E-state index in [0.717, 1.165) is 11.3 Å². The molecular formula is C18H14N8O. The van der Waals surface area contributed by atoms with Gasteiger partial charge in [0.2, 0.25) is 0 Å². The van der Waals surface area contributed by atoms with Crippen molar-refractivity contribution in [3.63, 3.8) is 0 Å². The molecule has 0 atom stereocenters. The van der Waals surface area contributed by atoms with E-state index < -0.39 is 0 Å². The fourth-order valence-electron chi connectivity index (χ4n) is 3.02. The number of aryl methyl sites for hydroxylation is 2. The Hall–Kier alpha value is -3.88. The highest BCUT2D eigenvalue weighted by atomic mass is 16.1. The number of nitrogens with one attached hydrogen (secondary N) is 1. The smallest absolute Gasteiger partial charge is 0.261 e. The lowest BCUT2D eigenvalue weighted by molar-refractivity contribution is 0.666. The molecule has 1 N–H and O–H groups in total. The van der Waals surface area contributed by atoms with Crippen LogP contribution in [0.5, 0.6) is 0 Å². The molecule has 0 radical (unpaired) electrons. The van der Waals surface area contributed by atoms with Crippen LogP contribution >= 0.6 is 0 Å². The van der Waals surface area contributed by atoms with Crippen molar-refractivity contribution in [2.24, 2.45) is 0 Å². The molecular weight excluding hydrogens is 344 g/mol. The van der Waals surface area contributed by atoms with Crippen LogP contribution in [0.2, 0.25) is 0 Å². The molecule has 0 saturated heterocycles. The maximum Gasteiger partial charge on any atom is 0.261 e. The van der Waals surface area contributed by atoms with E-state index in [0.29, 0.717) is 35.5 Å². The summed E-state index contributed by atoms with van der Waals surface area (Å²) in [5.41, 5.74) is 2.34. The highest BCUT2D eigenvalue weighted by Gasteiger charge is 2.12. The second-order valence-electron chi connectivity index (χ2n) is 6.09. The van der Waals surface area contributed by atoms with E-state index in [9.17, 15) is 4.79 Å². The molecule has 0 fully saturated rings. The highest BCUT2D eigenvalue weighted by molar-refractivity contribution is 5.79. The summed E-state index contributed by atoms with van der Waals surface area (Å²) >= 11 is 0. The van der Waals surface area contributed by atoms with E-state index in [-0.39, 0.29) is 5.56 Å². The molecule has 0 bridgehead atoms. The van der Waals surface area contributed by atoms with Gasteiger partial charge in [0.1, 0.15) is 0 Å². The Morgan fingerprint density at radius 3 is 2.89 bits per heavy atom. The van der Waals surface area contributed by atoms with Crippen LogP contribution in [0.1, 0.15) is 5.69 Å². The van der Waals surface area contributed by atoms with Crippen LogP contribution in [0.25, 0.3) is 28.1 Å². The van der Waals surface area contributed by atoms with E-state index in [1.165, 1.54) is 0 Å². The van der Waals surface area contributed by atoms with Crippen molar-refractivity contribution in [2.45, 2.75) is 13.0 Å². The van der Waals surface area contributed by atoms with Gasteiger partial charge in [-0.3, -0.25) is 9.78 Å². The number of hydrogen-bond acceptors (Lipinski definition) is 6. The first-order valence-electron chi connectivity index (χ1n) is 8.42. The van der Waals surface area contributed by atoms with E-state index in [4.69, 9.17) is 0 Å². The van der Waals surface area contributed by atoms with Gasteiger partial charge in [0, 0.05) is 55.2 Å². The van der Waals surface area contributed by atoms with Gasteiger partial charge in [-0.1, -0.05) is 0 Å². The minimum absolute atomic E-state index is 0.111. The van der Waals surface area contributed by atoms with Gasteiger partial charge in [-0.15, -0.1) is 5.10 Å². The van der Waals surface area contributed by atoms with Crippen molar-refractivity contribution in [1.29, 1.82) is 0 Å². The molecule has 0 unspecified atom stereocenters. The van der Waals surface area contributed by atoms with Crippen LogP contribution in [0, 0.1) is 0 Å². The molecule has 0 aromatic carbocycles. The maximum atomic E-state index is 12.8. The minimum Gasteiger partial charge on any atom is -0.348 e. The standard InChI is InChI=1S/C18H14N8O/c27-17-14-10-21-18-23-16(12-2-1-5-19-8-12)24-26(18)15(14)4-7-25(17)6-3-13-9-20-11-22-13/h1-2,4-5,7-11H,3,6H2,(H,20,22). The Morgan fingerprint density at radius 2 is 2.07 bits per heavy atom. The van der Waals surface area contributed by atoms with Crippen LogP contribution < -0.4 is 5.56 Å². The number of rotatable bonds is 4. The average molecular weight is 358 g/mol. The second-order valence-corrected chi connectivity index (χ2v) is 6.09. The van der Waals surface area contributed by atoms with Crippen LogP contribution in [0.3, 0.4) is 0 Å². The van der Waals surface area contributed by atoms with Crippen LogP contribution in [0.15, 0.2) is 60.3 Å². The largest absolute Gasteiger partial charge is 0.348 e. The molecule has 0 spiro atoms. The molecule has 27 heavy (non-hydrogen) atoms. The fourth-order valence-corrected chi connectivity index (χ4v) is 3.02. The molecule has 5 rings (SSSR count). The van der Waals surface area contributed by atoms with Gasteiger partial charge in [-0.05, 0) is 18.2 Å². The minimum atomic E-state index is -0.111. The third kappa shape index (κ3) is 2.65. The summed E-state index contributed by atoms with van der Waals surface area (Å²) in [7, 11) is 0. The highest BCUT2D eigenvalue weighted by Crippen LogP contribution is 2.16. The lowest BCUT2D eigenvalue weighted by Gasteiger charge is -2.06. The summed E-state index contributed by atoms with van der Waals surface area (Å²) in [5, 5.41) is 5.01. The van der Waals surface area contributed by atoms with E-state index >= 15 is 0 Å². The first-order valence-corrected chi connectivity index (χ1v) is 8.42. The number of aromatic nitrogens is 8. The van der Waals surface area contributed by atoms with Gasteiger partial charge in [0.15, 0.2) is 5.82 Å². The van der Waals surface area contributed by atoms with Crippen molar-refractivity contribution >= 4 is 16.7 Å². The second kappa shape index (κ2) is 6.13. The predicted molar refractivity (Wildman–Crippen MR) is 98.1 cm³/mol. The predicted octanol–water partition coefficient (Wildman–Crippen LogP) is 1.47. The normalized spacial score (nSPS) is 11.4. The SMILES string of the molecule is O=c1c2cnc3nc(-c4cccnc4)nn3c2ccn1CCc1cnc[nH]1. The monoisotopic (exact) mass is 358 g/mol. The molecule has 5 aromatic rings. The molecule has 0 saturated carbocycles. The van der Waals surface area contributed by atoms with Gasteiger partial charge in [0.05, 0.1) is 17.2 Å². The molecule has 9 heteroatoms. The van der Waals surface area contributed by atoms with Crippen molar-refractivity contribution < 1.29 is 0 Å². The number of nitrogens with zero attached hydrogens (tertiary/aromatic N) is 7. The summed E-state index contributed by atoms with van der Waals surface area (Å²) in [4.78, 5) is 32.7. The molecule has 0 amide bonds. The average Bonchev–Trinajstić information content (AvgIpc) is 3.38. The van der Waals surface area contributed by atoms with Crippen molar-refractivity contribution in [1.82, 2.24) is 39.1 Å². The first kappa shape index (κ1) is 15.4. The van der Waals surface area contributed by atoms with Gasteiger partial charge >= 0.3 is 0 Å².